The first-order chi connectivity index (χ1) is 6.63. The molecule has 0 bridgehead atoms. The summed E-state index contributed by atoms with van der Waals surface area (Å²) < 4.78 is 0. The van der Waals surface area contributed by atoms with Crippen molar-refractivity contribution >= 4 is 23.2 Å². The predicted molar refractivity (Wildman–Crippen MR) is 56.8 cm³/mol. The van der Waals surface area contributed by atoms with E-state index < -0.39 is 0 Å². The average molecular weight is 214 g/mol. The van der Waals surface area contributed by atoms with E-state index in [1.54, 1.807) is 12.1 Å². The van der Waals surface area contributed by atoms with Gasteiger partial charge < -0.3 is 10.4 Å². The van der Waals surface area contributed by atoms with Gasteiger partial charge in [-0.15, -0.1) is 11.6 Å². The maximum atomic E-state index is 11.2. The van der Waals surface area contributed by atoms with E-state index in [-0.39, 0.29) is 11.7 Å². The predicted octanol–water partition coefficient (Wildman–Crippen LogP) is 2.27. The van der Waals surface area contributed by atoms with Crippen molar-refractivity contribution in [2.24, 2.45) is 0 Å². The van der Waals surface area contributed by atoms with Gasteiger partial charge in [-0.25, -0.2) is 0 Å². The molecule has 0 saturated heterocycles. The van der Waals surface area contributed by atoms with Crippen LogP contribution in [0.4, 0.5) is 5.69 Å². The van der Waals surface area contributed by atoms with Crippen molar-refractivity contribution < 1.29 is 9.90 Å². The van der Waals surface area contributed by atoms with Gasteiger partial charge in [0.05, 0.1) is 0 Å². The van der Waals surface area contributed by atoms with Crippen molar-refractivity contribution in [3.05, 3.63) is 23.8 Å². The van der Waals surface area contributed by atoms with E-state index in [1.165, 1.54) is 6.07 Å². The van der Waals surface area contributed by atoms with Crippen LogP contribution in [0.1, 0.15) is 12.0 Å². The number of phenols is 1. The number of carbonyl (C=O) groups excluding carboxylic acids is 1. The first-order valence-electron chi connectivity index (χ1n) is 4.29. The maximum Gasteiger partial charge on any atom is 0.225 e. The lowest BCUT2D eigenvalue weighted by atomic mass is 10.2. The second kappa shape index (κ2) is 4.86. The van der Waals surface area contributed by atoms with Crippen molar-refractivity contribution in [1.82, 2.24) is 0 Å². The number of aryl methyl sites for hydroxylation is 1. The highest BCUT2D eigenvalue weighted by Gasteiger charge is 2.03. The van der Waals surface area contributed by atoms with E-state index in [9.17, 15) is 4.79 Å². The molecule has 1 aromatic rings. The lowest BCUT2D eigenvalue weighted by Crippen LogP contribution is -2.12. The van der Waals surface area contributed by atoms with Crippen LogP contribution in [0, 0.1) is 6.92 Å². The van der Waals surface area contributed by atoms with E-state index in [0.29, 0.717) is 18.0 Å². The number of phenolic OH excluding ortho intramolecular Hbond substituents is 1. The molecule has 76 valence electrons. The number of carbonyl (C=O) groups is 1. The van der Waals surface area contributed by atoms with Gasteiger partial charge in [-0.1, -0.05) is 0 Å². The molecule has 0 heterocycles. The fraction of sp³-hybridized carbons (Fsp3) is 0.300. The fourth-order valence-electron chi connectivity index (χ4n) is 1.09. The number of halogens is 1. The van der Waals surface area contributed by atoms with Crippen LogP contribution >= 0.6 is 11.6 Å². The van der Waals surface area contributed by atoms with Gasteiger partial charge in [0.1, 0.15) is 5.75 Å². The summed E-state index contributed by atoms with van der Waals surface area (Å²) in [5, 5.41) is 11.8. The number of hydrogen-bond donors (Lipinski definition) is 2. The molecule has 0 aliphatic carbocycles. The Kier molecular flexibility index (Phi) is 3.77. The summed E-state index contributed by atoms with van der Waals surface area (Å²) in [6.07, 6.45) is 0.294. The third-order valence-corrected chi connectivity index (χ3v) is 1.99. The summed E-state index contributed by atoms with van der Waals surface area (Å²) >= 11 is 5.43. The second-order valence-corrected chi connectivity index (χ2v) is 3.36. The number of hydrogen-bond acceptors (Lipinski definition) is 2. The van der Waals surface area contributed by atoms with Crippen LogP contribution in [0.2, 0.25) is 0 Å². The first kappa shape index (κ1) is 10.9. The molecule has 0 atom stereocenters. The molecule has 1 aromatic carbocycles. The number of rotatable bonds is 3. The summed E-state index contributed by atoms with van der Waals surface area (Å²) in [6.45, 7) is 1.82. The molecule has 4 heteroatoms. The van der Waals surface area contributed by atoms with Gasteiger partial charge in [-0.05, 0) is 30.7 Å². The molecule has 0 radical (unpaired) electrons. The standard InChI is InChI=1S/C10H12ClNO2/c1-7-6-8(13)2-3-9(7)12-10(14)4-5-11/h2-3,6,13H,4-5H2,1H3,(H,12,14). The molecule has 0 unspecified atom stereocenters. The summed E-state index contributed by atoms with van der Waals surface area (Å²) in [7, 11) is 0. The molecule has 0 aromatic heterocycles. The largest absolute Gasteiger partial charge is 0.508 e. The van der Waals surface area contributed by atoms with E-state index >= 15 is 0 Å². The first-order valence-corrected chi connectivity index (χ1v) is 4.82. The Hall–Kier alpha value is -1.22. The quantitative estimate of drug-likeness (QED) is 0.598. The minimum Gasteiger partial charge on any atom is -0.508 e. The monoisotopic (exact) mass is 213 g/mol. The lowest BCUT2D eigenvalue weighted by Gasteiger charge is -2.07. The Bertz CT molecular complexity index is 339. The molecule has 0 fully saturated rings. The van der Waals surface area contributed by atoms with E-state index in [1.807, 2.05) is 6.92 Å². The van der Waals surface area contributed by atoms with Crippen LogP contribution in [0.15, 0.2) is 18.2 Å². The Balaban J connectivity index is 2.72. The smallest absolute Gasteiger partial charge is 0.225 e. The van der Waals surface area contributed by atoms with Crippen molar-refractivity contribution in [1.29, 1.82) is 0 Å². The van der Waals surface area contributed by atoms with Gasteiger partial charge in [0.2, 0.25) is 5.91 Å². The molecular weight excluding hydrogens is 202 g/mol. The molecular formula is C10H12ClNO2. The molecule has 1 rings (SSSR count). The van der Waals surface area contributed by atoms with Crippen molar-refractivity contribution in [3.63, 3.8) is 0 Å². The van der Waals surface area contributed by atoms with Crippen LogP contribution in [-0.4, -0.2) is 16.9 Å². The fourth-order valence-corrected chi connectivity index (χ4v) is 1.26. The molecule has 3 nitrogen and oxygen atoms in total. The molecule has 1 amide bonds. The number of anilines is 1. The Morgan fingerprint density at radius 2 is 2.29 bits per heavy atom. The zero-order chi connectivity index (χ0) is 10.6. The van der Waals surface area contributed by atoms with Crippen molar-refractivity contribution in [2.45, 2.75) is 13.3 Å². The Morgan fingerprint density at radius 3 is 2.86 bits per heavy atom. The number of benzene rings is 1. The summed E-state index contributed by atoms with van der Waals surface area (Å²) in [6, 6.07) is 4.79. The summed E-state index contributed by atoms with van der Waals surface area (Å²) in [5.41, 5.74) is 1.53. The lowest BCUT2D eigenvalue weighted by molar-refractivity contribution is -0.115. The van der Waals surface area contributed by atoms with Crippen LogP contribution in [0.25, 0.3) is 0 Å². The summed E-state index contributed by atoms with van der Waals surface area (Å²) in [5.74, 6) is 0.384. The van der Waals surface area contributed by atoms with E-state index in [0.717, 1.165) is 5.56 Å². The minimum atomic E-state index is -0.117. The van der Waals surface area contributed by atoms with Crippen molar-refractivity contribution in [3.8, 4) is 5.75 Å². The van der Waals surface area contributed by atoms with E-state index in [4.69, 9.17) is 16.7 Å². The zero-order valence-electron chi connectivity index (χ0n) is 7.88. The Labute approximate surface area is 87.7 Å². The maximum absolute atomic E-state index is 11.2. The van der Waals surface area contributed by atoms with Crippen LogP contribution in [0.5, 0.6) is 5.75 Å². The minimum absolute atomic E-state index is 0.117. The summed E-state index contributed by atoms with van der Waals surface area (Å²) in [4.78, 5) is 11.2. The van der Waals surface area contributed by atoms with Crippen LogP contribution in [-0.2, 0) is 4.79 Å². The Morgan fingerprint density at radius 1 is 1.57 bits per heavy atom. The normalized spacial score (nSPS) is 9.86. The number of amides is 1. The average Bonchev–Trinajstić information content (AvgIpc) is 2.10. The van der Waals surface area contributed by atoms with Gasteiger partial charge >= 0.3 is 0 Å². The highest BCUT2D eigenvalue weighted by Crippen LogP contribution is 2.20. The molecule has 0 saturated carbocycles. The topological polar surface area (TPSA) is 49.3 Å². The number of alkyl halides is 1. The van der Waals surface area contributed by atoms with Gasteiger partial charge in [0.25, 0.3) is 0 Å². The molecule has 2 N–H and O–H groups in total. The van der Waals surface area contributed by atoms with Gasteiger partial charge in [0.15, 0.2) is 0 Å². The highest BCUT2D eigenvalue weighted by atomic mass is 35.5. The molecule has 0 spiro atoms. The van der Waals surface area contributed by atoms with Crippen LogP contribution in [0.3, 0.4) is 0 Å². The van der Waals surface area contributed by atoms with E-state index in [2.05, 4.69) is 5.32 Å². The third kappa shape index (κ3) is 2.92. The van der Waals surface area contributed by atoms with Gasteiger partial charge in [-0.2, -0.15) is 0 Å². The number of aromatic hydroxyl groups is 1. The third-order valence-electron chi connectivity index (χ3n) is 1.81. The van der Waals surface area contributed by atoms with Crippen molar-refractivity contribution in [2.75, 3.05) is 11.2 Å². The molecule has 0 aliphatic rings. The highest BCUT2D eigenvalue weighted by molar-refractivity contribution is 6.19. The van der Waals surface area contributed by atoms with Gasteiger partial charge in [0, 0.05) is 18.0 Å². The number of nitrogens with one attached hydrogen (secondary N) is 1. The second-order valence-electron chi connectivity index (χ2n) is 2.99. The SMILES string of the molecule is Cc1cc(O)ccc1NC(=O)CCCl. The zero-order valence-corrected chi connectivity index (χ0v) is 8.64. The molecule has 14 heavy (non-hydrogen) atoms. The van der Waals surface area contributed by atoms with Gasteiger partial charge in [-0.3, -0.25) is 4.79 Å². The molecule has 0 aliphatic heterocycles. The van der Waals surface area contributed by atoms with Crippen LogP contribution < -0.4 is 5.32 Å².